The monoisotopic (exact) mass is 286 g/mol. The number of amides is 1. The molecule has 0 atom stereocenters. The molecule has 0 saturated heterocycles. The van der Waals surface area contributed by atoms with E-state index in [-0.39, 0.29) is 17.4 Å². The number of carbonyl (C=O) groups is 1. The van der Waals surface area contributed by atoms with Crippen LogP contribution >= 0.6 is 0 Å². The highest BCUT2D eigenvalue weighted by molar-refractivity contribution is 5.99. The Kier molecular flexibility index (Phi) is 4.33. The molecule has 0 heterocycles. The number of benzene rings is 2. The first-order valence-corrected chi connectivity index (χ1v) is 6.55. The number of hydrogen-bond acceptors (Lipinski definition) is 4. The van der Waals surface area contributed by atoms with Gasteiger partial charge in [-0.15, -0.1) is 0 Å². The molecule has 2 rings (SSSR count). The predicted octanol–water partition coefficient (Wildman–Crippen LogP) is 2.41. The molecule has 0 aliphatic heterocycles. The lowest BCUT2D eigenvalue weighted by Crippen LogP contribution is -2.22. The topological polar surface area (TPSA) is 72.8 Å². The highest BCUT2D eigenvalue weighted by atomic mass is 16.3. The Morgan fingerprint density at radius 1 is 1.10 bits per heavy atom. The van der Waals surface area contributed by atoms with Crippen LogP contribution in [0.2, 0.25) is 0 Å². The molecule has 3 N–H and O–H groups in total. The summed E-state index contributed by atoms with van der Waals surface area (Å²) < 4.78 is 0. The third-order valence-corrected chi connectivity index (χ3v) is 3.13. The zero-order valence-corrected chi connectivity index (χ0v) is 12.0. The maximum atomic E-state index is 12.1. The molecule has 0 unspecified atom stereocenters. The van der Waals surface area contributed by atoms with E-state index >= 15 is 0 Å². The summed E-state index contributed by atoms with van der Waals surface area (Å²) in [4.78, 5) is 13.6. The van der Waals surface area contributed by atoms with Crippen molar-refractivity contribution in [2.75, 3.05) is 19.4 Å². The van der Waals surface area contributed by atoms with E-state index in [1.807, 2.05) is 6.07 Å². The molecule has 5 nitrogen and oxygen atoms in total. The minimum Gasteiger partial charge on any atom is -0.504 e. The Morgan fingerprint density at radius 2 is 1.81 bits per heavy atom. The number of hydrogen-bond donors (Lipinski definition) is 3. The van der Waals surface area contributed by atoms with Gasteiger partial charge in [0.25, 0.3) is 5.91 Å². The minimum atomic E-state index is -0.160. The average molecular weight is 286 g/mol. The van der Waals surface area contributed by atoms with Crippen LogP contribution in [0.5, 0.6) is 11.5 Å². The summed E-state index contributed by atoms with van der Waals surface area (Å²) in [5, 5.41) is 22.4. The van der Waals surface area contributed by atoms with E-state index in [0.717, 1.165) is 0 Å². The van der Waals surface area contributed by atoms with Crippen molar-refractivity contribution in [3.8, 4) is 11.5 Å². The second-order valence-electron chi connectivity index (χ2n) is 4.88. The number of phenolic OH excluding ortho intramolecular Hbond substituents is 2. The molecule has 0 radical (unpaired) electrons. The zero-order chi connectivity index (χ0) is 15.4. The van der Waals surface area contributed by atoms with Gasteiger partial charge in [-0.3, -0.25) is 4.79 Å². The van der Waals surface area contributed by atoms with Gasteiger partial charge in [-0.25, -0.2) is 0 Å². The molecule has 110 valence electrons. The average Bonchev–Trinajstić information content (AvgIpc) is 2.48. The van der Waals surface area contributed by atoms with Gasteiger partial charge in [-0.1, -0.05) is 24.3 Å². The molecule has 0 bridgehead atoms. The summed E-state index contributed by atoms with van der Waals surface area (Å²) >= 11 is 0. The summed E-state index contributed by atoms with van der Waals surface area (Å²) in [6.07, 6.45) is 0. The Morgan fingerprint density at radius 3 is 2.52 bits per heavy atom. The maximum absolute atomic E-state index is 12.1. The maximum Gasteiger partial charge on any atom is 0.255 e. The van der Waals surface area contributed by atoms with Crippen molar-refractivity contribution in [3.05, 3.63) is 53.6 Å². The lowest BCUT2D eigenvalue weighted by Gasteiger charge is -2.15. The van der Waals surface area contributed by atoms with Crippen LogP contribution in [0.25, 0.3) is 0 Å². The minimum absolute atomic E-state index is 0.0989. The van der Waals surface area contributed by atoms with Gasteiger partial charge in [0.2, 0.25) is 0 Å². The molecular formula is C16H18N2O3. The van der Waals surface area contributed by atoms with Gasteiger partial charge in [0.05, 0.1) is 5.56 Å². The predicted molar refractivity (Wildman–Crippen MR) is 81.6 cm³/mol. The van der Waals surface area contributed by atoms with E-state index in [2.05, 4.69) is 5.32 Å². The number of phenols is 2. The third kappa shape index (κ3) is 3.25. The van der Waals surface area contributed by atoms with Crippen LogP contribution in [-0.2, 0) is 6.54 Å². The Labute approximate surface area is 123 Å². The molecule has 5 heteroatoms. The number of rotatable bonds is 4. The van der Waals surface area contributed by atoms with Gasteiger partial charge in [-0.05, 0) is 18.2 Å². The van der Waals surface area contributed by atoms with Gasteiger partial charge < -0.3 is 20.4 Å². The Hall–Kier alpha value is -2.69. The molecule has 2 aromatic carbocycles. The number of para-hydroxylation sites is 2. The lowest BCUT2D eigenvalue weighted by molar-refractivity contribution is 0.0828. The molecule has 21 heavy (non-hydrogen) atoms. The molecule has 1 amide bonds. The second-order valence-corrected chi connectivity index (χ2v) is 4.88. The van der Waals surface area contributed by atoms with Crippen LogP contribution in [0, 0.1) is 0 Å². The smallest absolute Gasteiger partial charge is 0.255 e. The highest BCUT2D eigenvalue weighted by Crippen LogP contribution is 2.29. The van der Waals surface area contributed by atoms with Gasteiger partial charge >= 0.3 is 0 Å². The van der Waals surface area contributed by atoms with E-state index in [1.165, 1.54) is 11.0 Å². The largest absolute Gasteiger partial charge is 0.504 e. The van der Waals surface area contributed by atoms with Crippen LogP contribution in [0.4, 0.5) is 5.69 Å². The van der Waals surface area contributed by atoms with Gasteiger partial charge in [0.15, 0.2) is 11.5 Å². The summed E-state index contributed by atoms with van der Waals surface area (Å²) in [6.45, 7) is 0.304. The summed E-state index contributed by atoms with van der Waals surface area (Å²) in [7, 11) is 3.39. The van der Waals surface area contributed by atoms with Crippen LogP contribution in [0.15, 0.2) is 42.5 Å². The van der Waals surface area contributed by atoms with Gasteiger partial charge in [0.1, 0.15) is 0 Å². The third-order valence-electron chi connectivity index (χ3n) is 3.13. The molecule has 0 aromatic heterocycles. The van der Waals surface area contributed by atoms with E-state index in [1.54, 1.807) is 44.4 Å². The van der Waals surface area contributed by atoms with Gasteiger partial charge in [-0.2, -0.15) is 0 Å². The highest BCUT2D eigenvalue weighted by Gasteiger charge is 2.13. The number of carbonyl (C=O) groups excluding carboxylic acids is 1. The van der Waals surface area contributed by atoms with Crippen molar-refractivity contribution in [1.82, 2.24) is 4.90 Å². The zero-order valence-electron chi connectivity index (χ0n) is 12.0. The summed E-state index contributed by atoms with van der Waals surface area (Å²) in [6, 6.07) is 12.0. The fraction of sp³-hybridized carbons (Fsp3) is 0.188. The first-order chi connectivity index (χ1) is 10.0. The first-order valence-electron chi connectivity index (χ1n) is 6.55. The molecule has 2 aromatic rings. The van der Waals surface area contributed by atoms with Crippen LogP contribution in [0.3, 0.4) is 0 Å². The molecule has 0 aliphatic carbocycles. The van der Waals surface area contributed by atoms with Crippen LogP contribution < -0.4 is 5.32 Å². The van der Waals surface area contributed by atoms with Crippen molar-refractivity contribution in [1.29, 1.82) is 0 Å². The normalized spacial score (nSPS) is 10.2. The van der Waals surface area contributed by atoms with E-state index in [9.17, 15) is 15.0 Å². The van der Waals surface area contributed by atoms with Crippen molar-refractivity contribution in [2.45, 2.75) is 6.54 Å². The van der Waals surface area contributed by atoms with Crippen LogP contribution in [0.1, 0.15) is 15.9 Å². The standard InChI is InChI=1S/C16H18N2O3/c1-18(2)16(21)12-7-3-4-8-13(12)17-10-11-6-5-9-14(19)15(11)20/h3-9,17,19-20H,10H2,1-2H3. The fourth-order valence-corrected chi connectivity index (χ4v) is 1.98. The van der Waals surface area contributed by atoms with Crippen molar-refractivity contribution in [3.63, 3.8) is 0 Å². The number of aromatic hydroxyl groups is 2. The number of anilines is 1. The molecule has 0 saturated carbocycles. The van der Waals surface area contributed by atoms with Crippen LogP contribution in [-0.4, -0.2) is 35.1 Å². The van der Waals surface area contributed by atoms with Crippen molar-refractivity contribution < 1.29 is 15.0 Å². The van der Waals surface area contributed by atoms with E-state index < -0.39 is 0 Å². The molecule has 0 aliphatic rings. The fourth-order valence-electron chi connectivity index (χ4n) is 1.98. The Balaban J connectivity index is 2.21. The van der Waals surface area contributed by atoms with E-state index in [0.29, 0.717) is 23.4 Å². The summed E-state index contributed by atoms with van der Waals surface area (Å²) in [5.41, 5.74) is 1.79. The van der Waals surface area contributed by atoms with E-state index in [4.69, 9.17) is 0 Å². The summed E-state index contributed by atoms with van der Waals surface area (Å²) in [5.74, 6) is -0.411. The van der Waals surface area contributed by atoms with Crippen molar-refractivity contribution in [2.24, 2.45) is 0 Å². The quantitative estimate of drug-likeness (QED) is 0.755. The molecule has 0 fully saturated rings. The van der Waals surface area contributed by atoms with Crippen molar-refractivity contribution >= 4 is 11.6 Å². The second kappa shape index (κ2) is 6.17. The first kappa shape index (κ1) is 14.7. The number of nitrogens with one attached hydrogen (secondary N) is 1. The SMILES string of the molecule is CN(C)C(=O)c1ccccc1NCc1cccc(O)c1O. The van der Waals surface area contributed by atoms with Gasteiger partial charge in [0, 0.05) is 31.9 Å². The molecular weight excluding hydrogens is 268 g/mol. The molecule has 0 spiro atoms. The lowest BCUT2D eigenvalue weighted by atomic mass is 10.1. The Bertz CT molecular complexity index is 654. The number of nitrogens with zero attached hydrogens (tertiary/aromatic N) is 1.